The van der Waals surface area contributed by atoms with Gasteiger partial charge in [0.05, 0.1) is 44.2 Å². The second-order valence-corrected chi connectivity index (χ2v) is 6.66. The van der Waals surface area contributed by atoms with Crippen LogP contribution < -0.4 is 0 Å². The zero-order chi connectivity index (χ0) is 27.6. The monoisotopic (exact) mass is 673 g/mol. The van der Waals surface area contributed by atoms with Crippen molar-refractivity contribution in [1.82, 2.24) is 24.8 Å². The Morgan fingerprint density at radius 1 is 0.658 bits per heavy atom. The van der Waals surface area contributed by atoms with E-state index in [1.165, 1.54) is 0 Å². The van der Waals surface area contributed by atoms with Crippen molar-refractivity contribution in [2.75, 3.05) is 0 Å². The minimum Gasteiger partial charge on any atom is -0.356 e. The van der Waals surface area contributed by atoms with Gasteiger partial charge in [0, 0.05) is 25.5 Å². The van der Waals surface area contributed by atoms with Crippen LogP contribution in [0.5, 0.6) is 0 Å². The van der Waals surface area contributed by atoms with Crippen LogP contribution in [0.15, 0.2) is 73.1 Å². The van der Waals surface area contributed by atoms with Gasteiger partial charge >= 0.3 is 39.9 Å². The summed E-state index contributed by atoms with van der Waals surface area (Å²) in [6, 6.07) is 20.1. The number of pyridine rings is 2. The number of para-hydroxylation sites is 2. The van der Waals surface area contributed by atoms with Crippen LogP contribution in [0.3, 0.4) is 0 Å². The zero-order valence-corrected chi connectivity index (χ0v) is 21.5. The van der Waals surface area contributed by atoms with Crippen molar-refractivity contribution in [3.63, 3.8) is 0 Å². The largest absolute Gasteiger partial charge is 3.00 e. The van der Waals surface area contributed by atoms with Gasteiger partial charge in [0.15, 0.2) is 0 Å². The molecule has 0 atom stereocenters. The first-order chi connectivity index (χ1) is 17.6. The number of hydrogen-bond donors (Lipinski definition) is 1. The van der Waals surface area contributed by atoms with Crippen LogP contribution >= 0.6 is 0 Å². The number of aromatic amines is 1. The van der Waals surface area contributed by atoms with E-state index < -0.39 is 15.3 Å². The van der Waals surface area contributed by atoms with Crippen molar-refractivity contribution < 1.29 is 55.2 Å². The normalized spacial score (nSPS) is 9.29. The predicted molar refractivity (Wildman–Crippen MR) is 129 cm³/mol. The van der Waals surface area contributed by atoms with Gasteiger partial charge in [-0.25, -0.2) is 4.98 Å². The summed E-state index contributed by atoms with van der Waals surface area (Å²) in [6.45, 7) is 2.20. The topological polar surface area (TPSA) is 256 Å². The van der Waals surface area contributed by atoms with Gasteiger partial charge in [-0.1, -0.05) is 24.3 Å². The number of benzene rings is 1. The van der Waals surface area contributed by atoms with Crippen LogP contribution in [-0.4, -0.2) is 40.1 Å². The summed E-state index contributed by atoms with van der Waals surface area (Å²) >= 11 is 0. The summed E-state index contributed by atoms with van der Waals surface area (Å²) in [5.74, 6) is 0.952. The van der Waals surface area contributed by atoms with Gasteiger partial charge < -0.3 is 50.9 Å². The Bertz CT molecular complexity index is 1130. The number of nitrogens with one attached hydrogen (secondary N) is 1. The van der Waals surface area contributed by atoms with E-state index in [9.17, 15) is 0 Å². The van der Waals surface area contributed by atoms with Gasteiger partial charge in [0.1, 0.15) is 5.82 Å². The van der Waals surface area contributed by atoms with Crippen molar-refractivity contribution in [3.05, 3.63) is 136 Å². The zero-order valence-electron chi connectivity index (χ0n) is 19.2. The standard InChI is InChI=1S/C20H19N5.Gd.3NO3/c1-2-10-19-18(9-1)23-20(24-19)15-25(13-16-7-3-5-11-21-16)14-17-8-4-6-12-22-17;;3*2-1(3)4/h1-12H,13-15H2,(H,23,24);;;;/q;+3;3*-1. The third kappa shape index (κ3) is 16.5. The Balaban J connectivity index is 0.000000895. The molecule has 0 bridgehead atoms. The third-order valence-electron chi connectivity index (χ3n) is 4.04. The van der Waals surface area contributed by atoms with Crippen molar-refractivity contribution in [2.24, 2.45) is 0 Å². The van der Waals surface area contributed by atoms with E-state index in [1.54, 1.807) is 0 Å². The number of H-pyrrole nitrogens is 1. The Hall–Kier alpha value is -4.13. The van der Waals surface area contributed by atoms with Crippen LogP contribution in [0.25, 0.3) is 11.0 Å². The molecule has 17 nitrogen and oxygen atoms in total. The van der Waals surface area contributed by atoms with Crippen molar-refractivity contribution in [3.8, 4) is 0 Å². The van der Waals surface area contributed by atoms with E-state index in [4.69, 9.17) is 50.9 Å². The van der Waals surface area contributed by atoms with Crippen molar-refractivity contribution in [2.45, 2.75) is 19.6 Å². The smallest absolute Gasteiger partial charge is 0.356 e. The summed E-state index contributed by atoms with van der Waals surface area (Å²) in [7, 11) is 0. The molecule has 3 aromatic heterocycles. The molecule has 18 heteroatoms. The van der Waals surface area contributed by atoms with E-state index in [0.29, 0.717) is 6.54 Å². The third-order valence-corrected chi connectivity index (χ3v) is 4.04. The van der Waals surface area contributed by atoms with E-state index in [0.717, 1.165) is 41.3 Å². The molecule has 1 radical (unpaired) electrons. The molecule has 38 heavy (non-hydrogen) atoms. The number of rotatable bonds is 6. The van der Waals surface area contributed by atoms with Crippen LogP contribution in [-0.2, 0) is 19.6 Å². The summed E-state index contributed by atoms with van der Waals surface area (Å²) in [5.41, 5.74) is 4.13. The molecule has 0 fully saturated rings. The fraction of sp³-hybridized carbons (Fsp3) is 0.150. The Labute approximate surface area is 245 Å². The first-order valence-electron chi connectivity index (χ1n) is 9.97. The van der Waals surface area contributed by atoms with Crippen LogP contribution in [0.2, 0.25) is 0 Å². The number of imidazole rings is 1. The Morgan fingerprint density at radius 3 is 1.47 bits per heavy atom. The fourth-order valence-electron chi connectivity index (χ4n) is 2.90. The molecule has 1 N–H and O–H groups in total. The van der Waals surface area contributed by atoms with Gasteiger partial charge in [-0.3, -0.25) is 14.9 Å². The minimum atomic E-state index is -1.75. The van der Waals surface area contributed by atoms with Gasteiger partial charge in [-0.2, -0.15) is 0 Å². The molecule has 0 saturated heterocycles. The van der Waals surface area contributed by atoms with Crippen LogP contribution in [0, 0.1) is 85.9 Å². The molecule has 0 aliphatic rings. The summed E-state index contributed by atoms with van der Waals surface area (Å²) < 4.78 is 0. The number of aromatic nitrogens is 4. The van der Waals surface area contributed by atoms with E-state index in [1.807, 2.05) is 73.1 Å². The molecule has 0 aliphatic carbocycles. The van der Waals surface area contributed by atoms with Crippen LogP contribution in [0.4, 0.5) is 0 Å². The summed E-state index contributed by atoms with van der Waals surface area (Å²) in [6.07, 6.45) is 3.66. The number of hydrogen-bond acceptors (Lipinski definition) is 13. The average molecular weight is 673 g/mol. The first-order valence-corrected chi connectivity index (χ1v) is 9.97. The molecule has 0 spiro atoms. The second-order valence-electron chi connectivity index (χ2n) is 6.66. The molecule has 1 aromatic carbocycles. The van der Waals surface area contributed by atoms with E-state index in [-0.39, 0.29) is 39.9 Å². The molecule has 0 unspecified atom stereocenters. The van der Waals surface area contributed by atoms with Gasteiger partial charge in [-0.15, -0.1) is 0 Å². The predicted octanol–water partition coefficient (Wildman–Crippen LogP) is 2.84. The van der Waals surface area contributed by atoms with E-state index >= 15 is 0 Å². The Morgan fingerprint density at radius 2 is 1.08 bits per heavy atom. The number of nitrogens with zero attached hydrogens (tertiary/aromatic N) is 7. The van der Waals surface area contributed by atoms with Gasteiger partial charge in [0.2, 0.25) is 0 Å². The first kappa shape index (κ1) is 33.9. The molecule has 4 aromatic rings. The molecule has 0 amide bonds. The maximum Gasteiger partial charge on any atom is 3.00 e. The quantitative estimate of drug-likeness (QED) is 0.228. The fourth-order valence-corrected chi connectivity index (χ4v) is 2.90. The second kappa shape index (κ2) is 19.0. The molecule has 201 valence electrons. The van der Waals surface area contributed by atoms with Gasteiger partial charge in [0.25, 0.3) is 0 Å². The summed E-state index contributed by atoms with van der Waals surface area (Å²) in [5, 5.41) is 44.2. The minimum absolute atomic E-state index is 0. The molecular formula is C20H19GdN8O9. The molecule has 0 aliphatic heterocycles. The number of fused-ring (bicyclic) bond motifs is 1. The summed E-state index contributed by atoms with van der Waals surface area (Å²) in [4.78, 5) is 44.0. The molecule has 4 rings (SSSR count). The van der Waals surface area contributed by atoms with Gasteiger partial charge in [-0.05, 0) is 36.4 Å². The maximum absolute atomic E-state index is 8.25. The average Bonchev–Trinajstić information content (AvgIpc) is 3.22. The maximum atomic E-state index is 8.25. The van der Waals surface area contributed by atoms with Crippen molar-refractivity contribution >= 4 is 11.0 Å². The SMILES string of the molecule is O=[N+]([O-])[O-].O=[N+]([O-])[O-].O=[N+]([O-])[O-].[Gd+3].c1ccc(CN(Cc2ccccn2)Cc2nc3ccccc3[nH]2)nc1. The van der Waals surface area contributed by atoms with Crippen LogP contribution in [0.1, 0.15) is 17.2 Å². The molecule has 3 heterocycles. The molecule has 0 saturated carbocycles. The molecular weight excluding hydrogens is 654 g/mol. The van der Waals surface area contributed by atoms with E-state index in [2.05, 4.69) is 19.9 Å². The Kier molecular flexibility index (Phi) is 17.0. The van der Waals surface area contributed by atoms with Crippen molar-refractivity contribution in [1.29, 1.82) is 0 Å².